The summed E-state index contributed by atoms with van der Waals surface area (Å²) in [6.07, 6.45) is 1.17. The van der Waals surface area contributed by atoms with Gasteiger partial charge in [-0.15, -0.1) is 0 Å². The van der Waals surface area contributed by atoms with Crippen LogP contribution in [0.25, 0.3) is 21.5 Å². The number of aryl methyl sites for hydroxylation is 1. The molecule has 0 bridgehead atoms. The van der Waals surface area contributed by atoms with Crippen molar-refractivity contribution in [1.82, 2.24) is 0 Å². The van der Waals surface area contributed by atoms with Gasteiger partial charge in [-0.3, -0.25) is 0 Å². The fourth-order valence-electron chi connectivity index (χ4n) is 2.72. The van der Waals surface area contributed by atoms with E-state index >= 15 is 0 Å². The van der Waals surface area contributed by atoms with Gasteiger partial charge in [0, 0.05) is 10.8 Å². The molecule has 0 amide bonds. The molecule has 0 spiro atoms. The molecule has 3 nitrogen and oxygen atoms in total. The Morgan fingerprint density at radius 1 is 1.00 bits per heavy atom. The first-order valence-corrected chi connectivity index (χ1v) is 7.96. The number of carbonyl (C=O) groups excluding carboxylic acids is 1. The molecule has 3 heteroatoms. The summed E-state index contributed by atoms with van der Waals surface area (Å²) in [6, 6.07) is 16.1. The van der Waals surface area contributed by atoms with E-state index in [2.05, 4.69) is 26.0 Å². The second-order valence-electron chi connectivity index (χ2n) is 5.65. The summed E-state index contributed by atoms with van der Waals surface area (Å²) in [5, 5.41) is 3.97. The zero-order valence-corrected chi connectivity index (χ0v) is 13.5. The van der Waals surface area contributed by atoms with E-state index in [4.69, 9.17) is 9.47 Å². The molecule has 0 N–H and O–H groups in total. The van der Waals surface area contributed by atoms with Gasteiger partial charge >= 0.3 is 6.16 Å². The van der Waals surface area contributed by atoms with Crippen LogP contribution in [-0.4, -0.2) is 12.8 Å². The van der Waals surface area contributed by atoms with Gasteiger partial charge < -0.3 is 9.47 Å². The highest BCUT2D eigenvalue weighted by atomic mass is 16.7. The van der Waals surface area contributed by atoms with Gasteiger partial charge in [-0.2, -0.15) is 0 Å². The minimum atomic E-state index is -0.641. The smallest absolute Gasteiger partial charge is 0.434 e. The number of unbranched alkanes of at least 4 members (excludes halogenated alkanes) is 1. The van der Waals surface area contributed by atoms with Crippen molar-refractivity contribution < 1.29 is 14.3 Å². The van der Waals surface area contributed by atoms with E-state index in [1.165, 1.54) is 0 Å². The minimum Gasteiger partial charge on any atom is -0.434 e. The van der Waals surface area contributed by atoms with Crippen molar-refractivity contribution in [3.63, 3.8) is 0 Å². The van der Waals surface area contributed by atoms with Crippen LogP contribution < -0.4 is 4.74 Å². The van der Waals surface area contributed by atoms with E-state index in [-0.39, 0.29) is 0 Å². The largest absolute Gasteiger partial charge is 0.513 e. The monoisotopic (exact) mass is 308 g/mol. The van der Waals surface area contributed by atoms with E-state index in [1.807, 2.05) is 36.4 Å². The Labute approximate surface area is 135 Å². The lowest BCUT2D eigenvalue weighted by Crippen LogP contribution is -2.12. The predicted octanol–water partition coefficient (Wildman–Crippen LogP) is 5.62. The van der Waals surface area contributed by atoms with E-state index in [1.54, 1.807) is 0 Å². The normalized spacial score (nSPS) is 10.9. The Balaban J connectivity index is 2.08. The van der Waals surface area contributed by atoms with Crippen molar-refractivity contribution in [1.29, 1.82) is 0 Å². The standard InChI is InChI=1S/C20H20O3/c1-3-4-12-22-20(21)23-19-16-10-6-5-9-15(16)13-18-14(2)8-7-11-17(18)19/h5-11,13H,3-4,12H2,1-2H3. The number of fused-ring (bicyclic) bond motifs is 2. The second kappa shape index (κ2) is 6.69. The van der Waals surface area contributed by atoms with Crippen molar-refractivity contribution in [3.05, 3.63) is 54.1 Å². The van der Waals surface area contributed by atoms with Gasteiger partial charge in [0.25, 0.3) is 0 Å². The fraction of sp³-hybridized carbons (Fsp3) is 0.250. The van der Waals surface area contributed by atoms with Crippen LogP contribution in [0.2, 0.25) is 0 Å². The summed E-state index contributed by atoms with van der Waals surface area (Å²) in [5.41, 5.74) is 1.15. The molecule has 0 aliphatic carbocycles. The maximum atomic E-state index is 12.0. The van der Waals surface area contributed by atoms with E-state index in [0.29, 0.717) is 12.4 Å². The van der Waals surface area contributed by atoms with Crippen LogP contribution in [0.3, 0.4) is 0 Å². The van der Waals surface area contributed by atoms with Gasteiger partial charge in [-0.1, -0.05) is 55.8 Å². The number of carbonyl (C=O) groups is 1. The summed E-state index contributed by atoms with van der Waals surface area (Å²) in [6.45, 7) is 4.49. The van der Waals surface area contributed by atoms with Crippen molar-refractivity contribution in [2.75, 3.05) is 6.61 Å². The van der Waals surface area contributed by atoms with Gasteiger partial charge in [-0.25, -0.2) is 4.79 Å². The number of hydrogen-bond donors (Lipinski definition) is 0. The Kier molecular flexibility index (Phi) is 4.47. The van der Waals surface area contributed by atoms with Crippen LogP contribution in [0.1, 0.15) is 25.3 Å². The zero-order chi connectivity index (χ0) is 16.2. The lowest BCUT2D eigenvalue weighted by molar-refractivity contribution is 0.0988. The average Bonchev–Trinajstić information content (AvgIpc) is 2.56. The Morgan fingerprint density at radius 3 is 2.61 bits per heavy atom. The maximum Gasteiger partial charge on any atom is 0.513 e. The van der Waals surface area contributed by atoms with Crippen LogP contribution >= 0.6 is 0 Å². The Hall–Kier alpha value is -2.55. The molecule has 0 saturated carbocycles. The van der Waals surface area contributed by atoms with Gasteiger partial charge in [0.2, 0.25) is 0 Å². The molecule has 0 unspecified atom stereocenters. The summed E-state index contributed by atoms with van der Waals surface area (Å²) in [7, 11) is 0. The van der Waals surface area contributed by atoms with Crippen LogP contribution in [0.5, 0.6) is 5.75 Å². The van der Waals surface area contributed by atoms with Crippen molar-refractivity contribution in [2.24, 2.45) is 0 Å². The van der Waals surface area contributed by atoms with Crippen LogP contribution in [-0.2, 0) is 4.74 Å². The molecule has 0 saturated heterocycles. The first kappa shape index (κ1) is 15.3. The first-order chi connectivity index (χ1) is 11.2. The summed E-state index contributed by atoms with van der Waals surface area (Å²) in [4.78, 5) is 12.0. The average molecular weight is 308 g/mol. The van der Waals surface area contributed by atoms with E-state index < -0.39 is 6.16 Å². The Bertz CT molecular complexity index is 852. The molecule has 118 valence electrons. The van der Waals surface area contributed by atoms with Gasteiger partial charge in [-0.05, 0) is 35.7 Å². The fourth-order valence-corrected chi connectivity index (χ4v) is 2.72. The summed E-state index contributed by atoms with van der Waals surface area (Å²) < 4.78 is 10.7. The molecule has 3 rings (SSSR count). The van der Waals surface area contributed by atoms with Gasteiger partial charge in [0.05, 0.1) is 6.61 Å². The molecule has 3 aromatic rings. The molecule has 0 fully saturated rings. The Morgan fingerprint density at radius 2 is 1.78 bits per heavy atom. The third-order valence-electron chi connectivity index (χ3n) is 3.98. The minimum absolute atomic E-state index is 0.386. The lowest BCUT2D eigenvalue weighted by atomic mass is 9.99. The molecular formula is C20H20O3. The second-order valence-corrected chi connectivity index (χ2v) is 5.65. The molecule has 0 atom stereocenters. The lowest BCUT2D eigenvalue weighted by Gasteiger charge is -2.13. The molecule has 3 aromatic carbocycles. The first-order valence-electron chi connectivity index (χ1n) is 7.96. The highest BCUT2D eigenvalue weighted by Crippen LogP contribution is 2.36. The molecular weight excluding hydrogens is 288 g/mol. The topological polar surface area (TPSA) is 35.5 Å². The number of rotatable bonds is 4. The molecule has 0 aliphatic rings. The van der Waals surface area contributed by atoms with E-state index in [0.717, 1.165) is 39.9 Å². The van der Waals surface area contributed by atoms with Crippen molar-refractivity contribution >= 4 is 27.7 Å². The highest BCUT2D eigenvalue weighted by molar-refractivity contribution is 6.07. The molecule has 0 heterocycles. The third kappa shape index (κ3) is 3.14. The summed E-state index contributed by atoms with van der Waals surface area (Å²) >= 11 is 0. The third-order valence-corrected chi connectivity index (χ3v) is 3.98. The van der Waals surface area contributed by atoms with Crippen LogP contribution in [0.4, 0.5) is 4.79 Å². The van der Waals surface area contributed by atoms with Gasteiger partial charge in [0.15, 0.2) is 0 Å². The molecule has 0 aliphatic heterocycles. The SMILES string of the molecule is CCCCOC(=O)Oc1c2ccccc2cc2c(C)cccc12. The maximum absolute atomic E-state index is 12.0. The predicted molar refractivity (Wildman–Crippen MR) is 93.1 cm³/mol. The van der Waals surface area contributed by atoms with Crippen LogP contribution in [0.15, 0.2) is 48.5 Å². The van der Waals surface area contributed by atoms with E-state index in [9.17, 15) is 4.79 Å². The zero-order valence-electron chi connectivity index (χ0n) is 13.5. The summed E-state index contributed by atoms with van der Waals surface area (Å²) in [5.74, 6) is 0.572. The quantitative estimate of drug-likeness (QED) is 0.272. The van der Waals surface area contributed by atoms with Gasteiger partial charge in [0.1, 0.15) is 5.75 Å². The molecule has 0 radical (unpaired) electrons. The molecule has 23 heavy (non-hydrogen) atoms. The number of ether oxygens (including phenoxy) is 2. The number of benzene rings is 3. The number of hydrogen-bond acceptors (Lipinski definition) is 3. The van der Waals surface area contributed by atoms with Crippen molar-refractivity contribution in [2.45, 2.75) is 26.7 Å². The van der Waals surface area contributed by atoms with Crippen molar-refractivity contribution in [3.8, 4) is 5.75 Å². The highest BCUT2D eigenvalue weighted by Gasteiger charge is 2.14. The molecule has 0 aromatic heterocycles. The van der Waals surface area contributed by atoms with Crippen LogP contribution in [0, 0.1) is 6.92 Å².